The number of aromatic nitrogens is 2. The Hall–Kier alpha value is -2.51. The first-order valence-corrected chi connectivity index (χ1v) is 5.57. The van der Waals surface area contributed by atoms with E-state index in [0.717, 1.165) is 12.1 Å². The monoisotopic (exact) mass is 284 g/mol. The summed E-state index contributed by atoms with van der Waals surface area (Å²) in [7, 11) is 0. The van der Waals surface area contributed by atoms with Gasteiger partial charge in [-0.3, -0.25) is 9.89 Å². The Morgan fingerprint density at radius 3 is 2.65 bits per heavy atom. The molecule has 0 aliphatic rings. The zero-order chi connectivity index (χ0) is 14.9. The van der Waals surface area contributed by atoms with E-state index in [2.05, 4.69) is 15.5 Å². The highest BCUT2D eigenvalue weighted by Gasteiger charge is 2.31. The zero-order valence-corrected chi connectivity index (χ0v) is 10.4. The van der Waals surface area contributed by atoms with Gasteiger partial charge in [-0.1, -0.05) is 6.07 Å². The Morgan fingerprint density at radius 2 is 2.10 bits per heavy atom. The maximum absolute atomic E-state index is 12.6. The number of alkyl halides is 3. The topological polar surface area (TPSA) is 83.8 Å². The van der Waals surface area contributed by atoms with Crippen molar-refractivity contribution in [2.24, 2.45) is 0 Å². The van der Waals surface area contributed by atoms with Crippen LogP contribution < -0.4 is 11.1 Å². The Labute approximate surface area is 112 Å². The van der Waals surface area contributed by atoms with E-state index >= 15 is 0 Å². The van der Waals surface area contributed by atoms with Gasteiger partial charge in [-0.15, -0.1) is 0 Å². The summed E-state index contributed by atoms with van der Waals surface area (Å²) >= 11 is 0. The molecule has 0 spiro atoms. The van der Waals surface area contributed by atoms with Crippen LogP contribution in [-0.4, -0.2) is 16.1 Å². The van der Waals surface area contributed by atoms with Crippen molar-refractivity contribution < 1.29 is 18.0 Å². The largest absolute Gasteiger partial charge is 0.416 e. The van der Waals surface area contributed by atoms with E-state index in [9.17, 15) is 18.0 Å². The fraction of sp³-hybridized carbons (Fsp3) is 0.167. The van der Waals surface area contributed by atoms with Gasteiger partial charge in [0.05, 0.1) is 11.8 Å². The fourth-order valence-corrected chi connectivity index (χ4v) is 1.60. The first kappa shape index (κ1) is 13.9. The van der Waals surface area contributed by atoms with Crippen molar-refractivity contribution in [2.75, 3.05) is 11.1 Å². The van der Waals surface area contributed by atoms with Crippen LogP contribution in [0.1, 0.15) is 21.5 Å². The predicted octanol–water partition coefficient (Wildman–Crippen LogP) is 2.57. The van der Waals surface area contributed by atoms with Crippen LogP contribution in [0.2, 0.25) is 0 Å². The number of nitrogens with one attached hydrogen (secondary N) is 2. The summed E-state index contributed by atoms with van der Waals surface area (Å²) in [4.78, 5) is 11.9. The van der Waals surface area contributed by atoms with Crippen molar-refractivity contribution >= 4 is 17.4 Å². The molecule has 5 nitrogen and oxygen atoms in total. The molecule has 106 valence electrons. The molecule has 0 bridgehead atoms. The van der Waals surface area contributed by atoms with E-state index in [1.807, 2.05) is 0 Å². The van der Waals surface area contributed by atoms with Crippen LogP contribution in [-0.2, 0) is 6.18 Å². The molecule has 0 atom stereocenters. The molecule has 1 heterocycles. The van der Waals surface area contributed by atoms with Gasteiger partial charge in [0, 0.05) is 5.69 Å². The summed E-state index contributed by atoms with van der Waals surface area (Å²) in [6.07, 6.45) is -3.27. The Bertz CT molecular complexity index is 648. The molecule has 2 aromatic rings. The minimum absolute atomic E-state index is 0.0483. The summed E-state index contributed by atoms with van der Waals surface area (Å²) in [6.45, 7) is 1.59. The number of nitrogen functional groups attached to an aromatic ring is 1. The molecular formula is C12H11F3N4O. The molecule has 0 unspecified atom stereocenters. The highest BCUT2D eigenvalue weighted by Crippen LogP contribution is 2.32. The number of carbonyl (C=O) groups is 1. The van der Waals surface area contributed by atoms with Gasteiger partial charge in [0.15, 0.2) is 0 Å². The van der Waals surface area contributed by atoms with Crippen molar-refractivity contribution in [1.29, 1.82) is 0 Å². The summed E-state index contributed by atoms with van der Waals surface area (Å²) in [5.41, 5.74) is 5.29. The molecule has 1 amide bonds. The molecule has 1 aromatic carbocycles. The number of anilines is 2. The van der Waals surface area contributed by atoms with E-state index in [-0.39, 0.29) is 17.1 Å². The average molecular weight is 284 g/mol. The summed E-state index contributed by atoms with van der Waals surface area (Å²) in [5.74, 6) is -0.578. The maximum atomic E-state index is 12.6. The lowest BCUT2D eigenvalue weighted by Crippen LogP contribution is -2.15. The first-order chi connectivity index (χ1) is 9.29. The van der Waals surface area contributed by atoms with Crippen LogP contribution in [0.25, 0.3) is 0 Å². The Balaban J connectivity index is 2.30. The number of rotatable bonds is 2. The van der Waals surface area contributed by atoms with Gasteiger partial charge >= 0.3 is 6.18 Å². The molecule has 0 radical (unpaired) electrons. The third kappa shape index (κ3) is 2.73. The number of halogens is 3. The van der Waals surface area contributed by atoms with Crippen LogP contribution in [0.15, 0.2) is 24.4 Å². The predicted molar refractivity (Wildman–Crippen MR) is 67.1 cm³/mol. The number of nitrogens with zero attached hydrogens (tertiary/aromatic N) is 1. The van der Waals surface area contributed by atoms with Gasteiger partial charge < -0.3 is 11.1 Å². The quantitative estimate of drug-likeness (QED) is 0.792. The lowest BCUT2D eigenvalue weighted by Gasteiger charge is -2.12. The second-order valence-electron chi connectivity index (χ2n) is 4.18. The standard InChI is InChI=1S/C12H11F3N4O/c1-6-2-3-7(12(13,14)15)4-9(6)18-11(20)8-5-17-19-10(8)16/h2-5H,1H3,(H,18,20)(H3,16,17,19). The molecule has 4 N–H and O–H groups in total. The second-order valence-corrected chi connectivity index (χ2v) is 4.18. The number of hydrogen-bond donors (Lipinski definition) is 3. The molecule has 0 fully saturated rings. The van der Waals surface area contributed by atoms with Crippen molar-refractivity contribution in [3.63, 3.8) is 0 Å². The first-order valence-electron chi connectivity index (χ1n) is 5.57. The highest BCUT2D eigenvalue weighted by atomic mass is 19.4. The van der Waals surface area contributed by atoms with Crippen LogP contribution >= 0.6 is 0 Å². The lowest BCUT2D eigenvalue weighted by atomic mass is 10.1. The highest BCUT2D eigenvalue weighted by molar-refractivity contribution is 6.07. The van der Waals surface area contributed by atoms with Crippen LogP contribution in [0, 0.1) is 6.92 Å². The Morgan fingerprint density at radius 1 is 1.40 bits per heavy atom. The Kier molecular flexibility index (Phi) is 3.39. The summed E-state index contributed by atoms with van der Waals surface area (Å²) < 4.78 is 37.9. The smallest absolute Gasteiger partial charge is 0.383 e. The third-order valence-corrected chi connectivity index (χ3v) is 2.73. The van der Waals surface area contributed by atoms with E-state index in [1.165, 1.54) is 12.3 Å². The van der Waals surface area contributed by atoms with Crippen LogP contribution in [0.5, 0.6) is 0 Å². The van der Waals surface area contributed by atoms with Gasteiger partial charge in [0.2, 0.25) is 0 Å². The number of nitrogens with two attached hydrogens (primary N) is 1. The van der Waals surface area contributed by atoms with Crippen molar-refractivity contribution in [3.05, 3.63) is 41.1 Å². The van der Waals surface area contributed by atoms with Crippen molar-refractivity contribution in [3.8, 4) is 0 Å². The molecule has 0 aliphatic heterocycles. The fourth-order valence-electron chi connectivity index (χ4n) is 1.60. The molecule has 0 saturated carbocycles. The maximum Gasteiger partial charge on any atom is 0.416 e. The number of benzene rings is 1. The van der Waals surface area contributed by atoms with E-state index in [1.54, 1.807) is 6.92 Å². The van der Waals surface area contributed by atoms with Crippen molar-refractivity contribution in [2.45, 2.75) is 13.1 Å². The van der Waals surface area contributed by atoms with Crippen molar-refractivity contribution in [1.82, 2.24) is 10.2 Å². The number of aromatic amines is 1. The number of amides is 1. The average Bonchev–Trinajstić information content (AvgIpc) is 2.77. The molecule has 8 heteroatoms. The number of carbonyl (C=O) groups excluding carboxylic acids is 1. The number of H-pyrrole nitrogens is 1. The number of hydrogen-bond acceptors (Lipinski definition) is 3. The molecule has 0 saturated heterocycles. The lowest BCUT2D eigenvalue weighted by molar-refractivity contribution is -0.137. The SMILES string of the molecule is Cc1ccc(C(F)(F)F)cc1NC(=O)c1cn[nH]c1N. The van der Waals surface area contributed by atoms with E-state index in [0.29, 0.717) is 5.56 Å². The van der Waals surface area contributed by atoms with E-state index < -0.39 is 17.6 Å². The molecule has 1 aromatic heterocycles. The van der Waals surface area contributed by atoms with E-state index in [4.69, 9.17) is 5.73 Å². The van der Waals surface area contributed by atoms with Gasteiger partial charge in [-0.05, 0) is 24.6 Å². The molecular weight excluding hydrogens is 273 g/mol. The number of aryl methyl sites for hydroxylation is 1. The van der Waals surface area contributed by atoms with Gasteiger partial charge in [-0.2, -0.15) is 18.3 Å². The minimum Gasteiger partial charge on any atom is -0.383 e. The van der Waals surface area contributed by atoms with Gasteiger partial charge in [0.25, 0.3) is 5.91 Å². The summed E-state index contributed by atoms with van der Waals surface area (Å²) in [6, 6.07) is 3.12. The third-order valence-electron chi connectivity index (χ3n) is 2.73. The van der Waals surface area contributed by atoms with Crippen LogP contribution in [0.3, 0.4) is 0 Å². The molecule has 0 aliphatic carbocycles. The normalized spacial score (nSPS) is 11.4. The van der Waals surface area contributed by atoms with Gasteiger partial charge in [0.1, 0.15) is 11.4 Å². The second kappa shape index (κ2) is 4.87. The summed E-state index contributed by atoms with van der Waals surface area (Å²) in [5, 5.41) is 8.33. The minimum atomic E-state index is -4.47. The van der Waals surface area contributed by atoms with Crippen LogP contribution in [0.4, 0.5) is 24.7 Å². The molecule has 20 heavy (non-hydrogen) atoms. The van der Waals surface area contributed by atoms with Gasteiger partial charge in [-0.25, -0.2) is 0 Å². The molecule has 2 rings (SSSR count). The zero-order valence-electron chi connectivity index (χ0n) is 10.4.